The summed E-state index contributed by atoms with van der Waals surface area (Å²) in [6.07, 6.45) is 1.51. The van der Waals surface area contributed by atoms with Gasteiger partial charge in [-0.15, -0.1) is 0 Å². The number of hydrogen-bond donors (Lipinski definition) is 1. The Morgan fingerprint density at radius 1 is 1.25 bits per heavy atom. The smallest absolute Gasteiger partial charge is 0.357 e. The van der Waals surface area contributed by atoms with E-state index in [0.717, 1.165) is 0 Å². The fraction of sp³-hybridized carbons (Fsp3) is 0.118. The molecule has 0 radical (unpaired) electrons. The lowest BCUT2D eigenvalue weighted by Gasteiger charge is -2.07. The number of aromatic carboxylic acids is 1. The van der Waals surface area contributed by atoms with Gasteiger partial charge in [-0.2, -0.15) is 5.10 Å². The number of carbonyl (C=O) groups excluding carboxylic acids is 1. The summed E-state index contributed by atoms with van der Waals surface area (Å²) >= 11 is 0. The molecule has 0 aliphatic carbocycles. The van der Waals surface area contributed by atoms with E-state index in [1.54, 1.807) is 37.3 Å². The molecule has 0 unspecified atom stereocenters. The largest absolute Gasteiger partial charge is 0.478 e. The topological polar surface area (TPSA) is 94.6 Å². The lowest BCUT2D eigenvalue weighted by molar-refractivity contribution is 0.0515. The van der Waals surface area contributed by atoms with Gasteiger partial charge in [-0.05, 0) is 43.3 Å². The van der Waals surface area contributed by atoms with Gasteiger partial charge in [0.15, 0.2) is 11.5 Å². The van der Waals surface area contributed by atoms with Crippen LogP contribution in [0.4, 0.5) is 0 Å². The molecule has 0 saturated heterocycles. The zero-order valence-electron chi connectivity index (χ0n) is 12.8. The third kappa shape index (κ3) is 2.91. The number of esters is 1. The fourth-order valence-electron chi connectivity index (χ4n) is 2.22. The van der Waals surface area contributed by atoms with Gasteiger partial charge in [-0.25, -0.2) is 14.3 Å². The molecular formula is C17H14N2O5. The van der Waals surface area contributed by atoms with E-state index in [0.29, 0.717) is 17.1 Å². The van der Waals surface area contributed by atoms with E-state index in [1.807, 2.05) is 0 Å². The van der Waals surface area contributed by atoms with Gasteiger partial charge in [-0.3, -0.25) is 0 Å². The molecule has 0 amide bonds. The Morgan fingerprint density at radius 3 is 2.58 bits per heavy atom. The van der Waals surface area contributed by atoms with Gasteiger partial charge in [0, 0.05) is 6.07 Å². The van der Waals surface area contributed by atoms with Crippen LogP contribution in [0, 0.1) is 0 Å². The molecule has 0 aliphatic rings. The minimum Gasteiger partial charge on any atom is -0.478 e. The van der Waals surface area contributed by atoms with E-state index >= 15 is 0 Å². The summed E-state index contributed by atoms with van der Waals surface area (Å²) in [5.74, 6) is -1.03. The lowest BCUT2D eigenvalue weighted by Crippen LogP contribution is -2.12. The first-order valence-electron chi connectivity index (χ1n) is 7.25. The Kier molecular flexibility index (Phi) is 4.15. The first-order chi connectivity index (χ1) is 11.6. The number of hydrogen-bond acceptors (Lipinski definition) is 5. The van der Waals surface area contributed by atoms with Crippen molar-refractivity contribution in [3.8, 4) is 17.1 Å². The number of benzene rings is 1. The first-order valence-corrected chi connectivity index (χ1v) is 7.25. The second kappa shape index (κ2) is 6.41. The highest BCUT2D eigenvalue weighted by Gasteiger charge is 2.19. The zero-order chi connectivity index (χ0) is 17.1. The summed E-state index contributed by atoms with van der Waals surface area (Å²) < 4.78 is 11.8. The minimum absolute atomic E-state index is 0.148. The number of ether oxygens (including phenoxy) is 1. The molecule has 7 nitrogen and oxygen atoms in total. The van der Waals surface area contributed by atoms with Crippen LogP contribution in [0.15, 0.2) is 53.1 Å². The predicted octanol–water partition coefficient (Wildman–Crippen LogP) is 3.01. The third-order valence-corrected chi connectivity index (χ3v) is 3.33. The number of carbonyl (C=O) groups is 2. The quantitative estimate of drug-likeness (QED) is 0.724. The molecule has 0 fully saturated rings. The van der Waals surface area contributed by atoms with Gasteiger partial charge in [0.1, 0.15) is 5.69 Å². The Labute approximate surface area is 137 Å². The monoisotopic (exact) mass is 326 g/mol. The molecule has 1 N–H and O–H groups in total. The maximum atomic E-state index is 12.2. The molecule has 3 rings (SSSR count). The van der Waals surface area contributed by atoms with Crippen LogP contribution in [-0.4, -0.2) is 33.4 Å². The normalized spacial score (nSPS) is 10.5. The highest BCUT2D eigenvalue weighted by atomic mass is 16.5. The third-order valence-electron chi connectivity index (χ3n) is 3.33. The highest BCUT2D eigenvalue weighted by Crippen LogP contribution is 2.23. The van der Waals surface area contributed by atoms with E-state index in [-0.39, 0.29) is 17.9 Å². The van der Waals surface area contributed by atoms with Crippen LogP contribution < -0.4 is 0 Å². The summed E-state index contributed by atoms with van der Waals surface area (Å²) in [7, 11) is 0. The molecule has 0 saturated carbocycles. The molecule has 0 aliphatic heterocycles. The summed E-state index contributed by atoms with van der Waals surface area (Å²) in [5, 5.41) is 13.4. The molecule has 122 valence electrons. The second-order valence-electron chi connectivity index (χ2n) is 4.88. The van der Waals surface area contributed by atoms with Gasteiger partial charge < -0.3 is 14.3 Å². The van der Waals surface area contributed by atoms with E-state index in [1.165, 1.54) is 23.1 Å². The molecular weight excluding hydrogens is 312 g/mol. The summed E-state index contributed by atoms with van der Waals surface area (Å²) in [4.78, 5) is 23.1. The molecule has 2 heterocycles. The van der Waals surface area contributed by atoms with Crippen molar-refractivity contribution >= 4 is 11.9 Å². The van der Waals surface area contributed by atoms with Crippen molar-refractivity contribution in [1.29, 1.82) is 0 Å². The summed E-state index contributed by atoms with van der Waals surface area (Å²) in [6.45, 7) is 1.95. The lowest BCUT2D eigenvalue weighted by atomic mass is 10.2. The van der Waals surface area contributed by atoms with Crippen LogP contribution in [0.2, 0.25) is 0 Å². The number of nitrogens with zero attached hydrogens (tertiary/aromatic N) is 2. The highest BCUT2D eigenvalue weighted by molar-refractivity contribution is 5.90. The van der Waals surface area contributed by atoms with Crippen LogP contribution in [0.25, 0.3) is 17.1 Å². The van der Waals surface area contributed by atoms with E-state index in [9.17, 15) is 9.59 Å². The molecule has 7 heteroatoms. The second-order valence-corrected chi connectivity index (χ2v) is 4.88. The van der Waals surface area contributed by atoms with Gasteiger partial charge in [0.25, 0.3) is 0 Å². The molecule has 3 aromatic rings. The molecule has 0 bridgehead atoms. The number of furan rings is 1. The maximum absolute atomic E-state index is 12.2. The van der Waals surface area contributed by atoms with Gasteiger partial charge in [0.2, 0.25) is 0 Å². The molecule has 2 aromatic heterocycles. The van der Waals surface area contributed by atoms with Crippen molar-refractivity contribution in [3.05, 3.63) is 60.0 Å². The van der Waals surface area contributed by atoms with Crippen LogP contribution in [0.3, 0.4) is 0 Å². The standard InChI is InChI=1S/C17H14N2O5/c1-2-23-17(22)14-10-13(15-4-3-9-24-15)18-19(14)12-7-5-11(6-8-12)16(20)21/h3-10H,2H2,1H3,(H,20,21). The average Bonchev–Trinajstić information content (AvgIpc) is 3.24. The van der Waals surface area contributed by atoms with Crippen molar-refractivity contribution < 1.29 is 23.8 Å². The first kappa shape index (κ1) is 15.5. The van der Waals surface area contributed by atoms with Crippen LogP contribution in [0.5, 0.6) is 0 Å². The van der Waals surface area contributed by atoms with Gasteiger partial charge in [0.05, 0.1) is 24.1 Å². The number of aromatic nitrogens is 2. The van der Waals surface area contributed by atoms with Crippen molar-refractivity contribution in [2.45, 2.75) is 6.92 Å². The molecule has 0 atom stereocenters. The average molecular weight is 326 g/mol. The van der Waals surface area contributed by atoms with E-state index < -0.39 is 11.9 Å². The van der Waals surface area contributed by atoms with Crippen molar-refractivity contribution in [3.63, 3.8) is 0 Å². The van der Waals surface area contributed by atoms with E-state index in [4.69, 9.17) is 14.3 Å². The molecule has 0 spiro atoms. The minimum atomic E-state index is -1.02. The number of rotatable bonds is 5. The van der Waals surface area contributed by atoms with Crippen LogP contribution in [0.1, 0.15) is 27.8 Å². The number of carboxylic acids is 1. The molecule has 24 heavy (non-hydrogen) atoms. The van der Waals surface area contributed by atoms with Crippen LogP contribution in [-0.2, 0) is 4.74 Å². The van der Waals surface area contributed by atoms with Crippen molar-refractivity contribution in [2.75, 3.05) is 6.61 Å². The van der Waals surface area contributed by atoms with E-state index in [2.05, 4.69) is 5.10 Å². The Balaban J connectivity index is 2.07. The SMILES string of the molecule is CCOC(=O)c1cc(-c2ccco2)nn1-c1ccc(C(=O)O)cc1. The number of carboxylic acid groups (broad SMARTS) is 1. The molecule has 1 aromatic carbocycles. The Morgan fingerprint density at radius 2 is 2.00 bits per heavy atom. The van der Waals surface area contributed by atoms with Crippen molar-refractivity contribution in [1.82, 2.24) is 9.78 Å². The summed E-state index contributed by atoms with van der Waals surface area (Å²) in [6, 6.07) is 11.1. The Bertz CT molecular complexity index is 863. The summed E-state index contributed by atoms with van der Waals surface area (Å²) in [5.41, 5.74) is 1.40. The fourth-order valence-corrected chi connectivity index (χ4v) is 2.22. The maximum Gasteiger partial charge on any atom is 0.357 e. The van der Waals surface area contributed by atoms with Gasteiger partial charge in [-0.1, -0.05) is 0 Å². The van der Waals surface area contributed by atoms with Gasteiger partial charge >= 0.3 is 11.9 Å². The zero-order valence-corrected chi connectivity index (χ0v) is 12.8. The predicted molar refractivity (Wildman–Crippen MR) is 84.2 cm³/mol. The van der Waals surface area contributed by atoms with Crippen molar-refractivity contribution in [2.24, 2.45) is 0 Å². The van der Waals surface area contributed by atoms with Crippen LogP contribution >= 0.6 is 0 Å². The Hall–Kier alpha value is -3.35.